The summed E-state index contributed by atoms with van der Waals surface area (Å²) in [6.45, 7) is 8.05. The molecule has 0 aromatic heterocycles. The Morgan fingerprint density at radius 1 is 1.41 bits per heavy atom. The van der Waals surface area contributed by atoms with Crippen molar-refractivity contribution in [1.82, 2.24) is 4.90 Å². The lowest BCUT2D eigenvalue weighted by Gasteiger charge is -2.33. The molecule has 2 unspecified atom stereocenters. The highest BCUT2D eigenvalue weighted by Gasteiger charge is 2.31. The predicted octanol–water partition coefficient (Wildman–Crippen LogP) is 1.10. The zero-order chi connectivity index (χ0) is 12.9. The van der Waals surface area contributed by atoms with Crippen LogP contribution in [0.15, 0.2) is 0 Å². The van der Waals surface area contributed by atoms with Gasteiger partial charge in [-0.05, 0) is 39.2 Å². The van der Waals surface area contributed by atoms with Gasteiger partial charge in [0.25, 0.3) is 0 Å². The van der Waals surface area contributed by atoms with Gasteiger partial charge >= 0.3 is 0 Å². The second kappa shape index (κ2) is 6.69. The van der Waals surface area contributed by atoms with Gasteiger partial charge in [-0.3, -0.25) is 4.90 Å². The Hall–Kier alpha value is -0.160. The summed E-state index contributed by atoms with van der Waals surface area (Å²) in [5.74, 6) is 0.666. The zero-order valence-corrected chi connectivity index (χ0v) is 11.7. The summed E-state index contributed by atoms with van der Waals surface area (Å²) in [6, 6.07) is 0.423. The Balaban J connectivity index is 2.46. The standard InChI is InChI=1S/C13H28N2O2/c1-13(2,17-4)7-12(8-14)15-6-5-11(9-15)10-16-3/h11-12H,5-10,14H2,1-4H3. The van der Waals surface area contributed by atoms with Crippen molar-refractivity contribution in [3.8, 4) is 0 Å². The molecule has 1 heterocycles. The number of nitrogens with two attached hydrogens (primary N) is 1. The van der Waals surface area contributed by atoms with Crippen LogP contribution >= 0.6 is 0 Å². The summed E-state index contributed by atoms with van der Waals surface area (Å²) in [7, 11) is 3.54. The molecule has 4 heteroatoms. The molecule has 0 aromatic rings. The van der Waals surface area contributed by atoms with E-state index in [4.69, 9.17) is 15.2 Å². The van der Waals surface area contributed by atoms with E-state index in [2.05, 4.69) is 18.7 Å². The van der Waals surface area contributed by atoms with Crippen LogP contribution in [0.25, 0.3) is 0 Å². The number of ether oxygens (including phenoxy) is 2. The van der Waals surface area contributed by atoms with E-state index < -0.39 is 0 Å². The summed E-state index contributed by atoms with van der Waals surface area (Å²) in [5, 5.41) is 0. The molecule has 2 N–H and O–H groups in total. The first kappa shape index (κ1) is 14.9. The molecule has 0 saturated carbocycles. The van der Waals surface area contributed by atoms with Gasteiger partial charge in [0.1, 0.15) is 0 Å². The monoisotopic (exact) mass is 244 g/mol. The van der Waals surface area contributed by atoms with Crippen LogP contribution in [0.2, 0.25) is 0 Å². The van der Waals surface area contributed by atoms with Gasteiger partial charge in [0, 0.05) is 33.4 Å². The third-order valence-electron chi connectivity index (χ3n) is 3.79. The Labute approximate surface area is 105 Å². The van der Waals surface area contributed by atoms with Gasteiger partial charge < -0.3 is 15.2 Å². The molecule has 2 atom stereocenters. The van der Waals surface area contributed by atoms with Crippen LogP contribution < -0.4 is 5.73 Å². The first-order valence-electron chi connectivity index (χ1n) is 6.50. The van der Waals surface area contributed by atoms with Crippen LogP contribution in [0.4, 0.5) is 0 Å². The van der Waals surface area contributed by atoms with Crippen molar-refractivity contribution in [2.75, 3.05) is 40.5 Å². The summed E-state index contributed by atoms with van der Waals surface area (Å²) >= 11 is 0. The van der Waals surface area contributed by atoms with Crippen LogP contribution in [-0.2, 0) is 9.47 Å². The molecule has 4 nitrogen and oxygen atoms in total. The van der Waals surface area contributed by atoms with Gasteiger partial charge in [0.15, 0.2) is 0 Å². The van der Waals surface area contributed by atoms with E-state index in [9.17, 15) is 0 Å². The van der Waals surface area contributed by atoms with Gasteiger partial charge in [-0.25, -0.2) is 0 Å². The van der Waals surface area contributed by atoms with Crippen molar-refractivity contribution in [3.63, 3.8) is 0 Å². The molecule has 1 saturated heterocycles. The fourth-order valence-corrected chi connectivity index (χ4v) is 2.58. The molecular weight excluding hydrogens is 216 g/mol. The van der Waals surface area contributed by atoms with Crippen LogP contribution in [0.5, 0.6) is 0 Å². The van der Waals surface area contributed by atoms with Crippen molar-refractivity contribution in [2.45, 2.75) is 38.3 Å². The first-order valence-corrected chi connectivity index (χ1v) is 6.50. The van der Waals surface area contributed by atoms with E-state index in [0.717, 1.165) is 26.1 Å². The summed E-state index contributed by atoms with van der Waals surface area (Å²) in [6.07, 6.45) is 2.21. The molecule has 102 valence electrons. The molecular formula is C13H28N2O2. The minimum absolute atomic E-state index is 0.0939. The van der Waals surface area contributed by atoms with E-state index in [-0.39, 0.29) is 5.60 Å². The zero-order valence-electron chi connectivity index (χ0n) is 11.7. The summed E-state index contributed by atoms with van der Waals surface area (Å²) < 4.78 is 10.7. The van der Waals surface area contributed by atoms with E-state index in [0.29, 0.717) is 18.5 Å². The second-order valence-corrected chi connectivity index (χ2v) is 5.66. The molecule has 0 aliphatic carbocycles. The minimum Gasteiger partial charge on any atom is -0.384 e. The number of likely N-dealkylation sites (tertiary alicyclic amines) is 1. The molecule has 1 fully saturated rings. The lowest BCUT2D eigenvalue weighted by molar-refractivity contribution is -0.00555. The SMILES string of the molecule is COCC1CCN(C(CN)CC(C)(C)OC)C1. The fraction of sp³-hybridized carbons (Fsp3) is 1.00. The third kappa shape index (κ3) is 4.54. The Kier molecular flexibility index (Phi) is 5.86. The number of hydrogen-bond donors (Lipinski definition) is 1. The molecule has 0 spiro atoms. The largest absolute Gasteiger partial charge is 0.384 e. The average Bonchev–Trinajstić information content (AvgIpc) is 2.75. The molecule has 1 aliphatic rings. The highest BCUT2D eigenvalue weighted by atomic mass is 16.5. The lowest BCUT2D eigenvalue weighted by Crippen LogP contribution is -2.44. The molecule has 1 rings (SSSR count). The first-order chi connectivity index (χ1) is 8.02. The van der Waals surface area contributed by atoms with E-state index in [1.165, 1.54) is 6.42 Å². The van der Waals surface area contributed by atoms with Crippen molar-refractivity contribution in [2.24, 2.45) is 11.7 Å². The molecule has 0 aromatic carbocycles. The maximum atomic E-state index is 5.91. The molecule has 0 amide bonds. The number of nitrogens with zero attached hydrogens (tertiary/aromatic N) is 1. The van der Waals surface area contributed by atoms with E-state index in [1.54, 1.807) is 14.2 Å². The van der Waals surface area contributed by atoms with Crippen LogP contribution in [-0.4, -0.2) is 57.0 Å². The van der Waals surface area contributed by atoms with E-state index >= 15 is 0 Å². The minimum atomic E-state index is -0.0939. The van der Waals surface area contributed by atoms with Crippen molar-refractivity contribution in [3.05, 3.63) is 0 Å². The third-order valence-corrected chi connectivity index (χ3v) is 3.79. The smallest absolute Gasteiger partial charge is 0.0638 e. The van der Waals surface area contributed by atoms with Gasteiger partial charge in [0.05, 0.1) is 12.2 Å². The van der Waals surface area contributed by atoms with Gasteiger partial charge in [-0.15, -0.1) is 0 Å². The Bertz CT molecular complexity index is 221. The molecule has 1 aliphatic heterocycles. The molecule has 0 radical (unpaired) electrons. The predicted molar refractivity (Wildman–Crippen MR) is 70.1 cm³/mol. The van der Waals surface area contributed by atoms with E-state index in [1.807, 2.05) is 0 Å². The maximum Gasteiger partial charge on any atom is 0.0638 e. The van der Waals surface area contributed by atoms with Gasteiger partial charge in [0.2, 0.25) is 0 Å². The van der Waals surface area contributed by atoms with Crippen molar-refractivity contribution < 1.29 is 9.47 Å². The quantitative estimate of drug-likeness (QED) is 0.728. The Morgan fingerprint density at radius 2 is 2.12 bits per heavy atom. The molecule has 0 bridgehead atoms. The second-order valence-electron chi connectivity index (χ2n) is 5.66. The number of rotatable bonds is 7. The topological polar surface area (TPSA) is 47.7 Å². The number of hydrogen-bond acceptors (Lipinski definition) is 4. The van der Waals surface area contributed by atoms with Crippen LogP contribution in [0.3, 0.4) is 0 Å². The van der Waals surface area contributed by atoms with Crippen molar-refractivity contribution >= 4 is 0 Å². The normalized spacial score (nSPS) is 24.2. The highest BCUT2D eigenvalue weighted by molar-refractivity contribution is 4.86. The van der Waals surface area contributed by atoms with Gasteiger partial charge in [-0.1, -0.05) is 0 Å². The fourth-order valence-electron chi connectivity index (χ4n) is 2.58. The van der Waals surface area contributed by atoms with Gasteiger partial charge in [-0.2, -0.15) is 0 Å². The molecule has 17 heavy (non-hydrogen) atoms. The maximum absolute atomic E-state index is 5.91. The lowest BCUT2D eigenvalue weighted by atomic mass is 9.98. The summed E-state index contributed by atoms with van der Waals surface area (Å²) in [5.41, 5.74) is 5.81. The van der Waals surface area contributed by atoms with Crippen LogP contribution in [0.1, 0.15) is 26.7 Å². The highest BCUT2D eigenvalue weighted by Crippen LogP contribution is 2.24. The number of methoxy groups -OCH3 is 2. The summed E-state index contributed by atoms with van der Waals surface area (Å²) in [4.78, 5) is 2.49. The van der Waals surface area contributed by atoms with Crippen molar-refractivity contribution in [1.29, 1.82) is 0 Å². The average molecular weight is 244 g/mol. The Morgan fingerprint density at radius 3 is 2.65 bits per heavy atom. The van der Waals surface area contributed by atoms with Crippen LogP contribution in [0, 0.1) is 5.92 Å².